The van der Waals surface area contributed by atoms with Crippen LogP contribution in [0.25, 0.3) is 0 Å². The molecule has 2 rings (SSSR count). The van der Waals surface area contributed by atoms with Crippen molar-refractivity contribution in [1.82, 2.24) is 10.2 Å². The van der Waals surface area contributed by atoms with Gasteiger partial charge in [0.05, 0.1) is 5.75 Å². The zero-order valence-electron chi connectivity index (χ0n) is 14.2. The minimum absolute atomic E-state index is 0.0870. The van der Waals surface area contributed by atoms with E-state index in [1.165, 1.54) is 44.5 Å². The van der Waals surface area contributed by atoms with Crippen molar-refractivity contribution in [3.05, 3.63) is 29.8 Å². The molecule has 0 saturated carbocycles. The van der Waals surface area contributed by atoms with Crippen LogP contribution in [0.15, 0.2) is 24.3 Å². The van der Waals surface area contributed by atoms with Crippen LogP contribution in [0.2, 0.25) is 0 Å². The highest BCUT2D eigenvalue weighted by Gasteiger charge is 2.11. The number of hydrogen-bond donors (Lipinski definition) is 2. The van der Waals surface area contributed by atoms with Gasteiger partial charge in [-0.3, -0.25) is 4.72 Å². The van der Waals surface area contributed by atoms with E-state index in [9.17, 15) is 8.42 Å². The van der Waals surface area contributed by atoms with E-state index in [0.717, 1.165) is 6.54 Å². The number of benzene rings is 1. The van der Waals surface area contributed by atoms with Gasteiger partial charge in [-0.05, 0) is 77.0 Å². The smallest absolute Gasteiger partial charge is 0.232 e. The third-order valence-electron chi connectivity index (χ3n) is 4.36. The lowest BCUT2D eigenvalue weighted by atomic mass is 10.1. The first-order valence-electron chi connectivity index (χ1n) is 8.56. The molecule has 1 saturated heterocycles. The summed E-state index contributed by atoms with van der Waals surface area (Å²) in [5, 5.41) is 3.54. The summed E-state index contributed by atoms with van der Waals surface area (Å²) < 4.78 is 25.7. The fraction of sp³-hybridized carbons (Fsp3) is 0.647. The Morgan fingerprint density at radius 3 is 2.43 bits per heavy atom. The van der Waals surface area contributed by atoms with Gasteiger partial charge in [0.15, 0.2) is 0 Å². The first-order valence-corrected chi connectivity index (χ1v) is 10.2. The molecule has 0 aromatic heterocycles. The summed E-state index contributed by atoms with van der Waals surface area (Å²) in [4.78, 5) is 2.53. The van der Waals surface area contributed by atoms with Gasteiger partial charge in [0, 0.05) is 11.7 Å². The fourth-order valence-corrected chi connectivity index (χ4v) is 3.48. The molecule has 0 spiro atoms. The van der Waals surface area contributed by atoms with Gasteiger partial charge in [0.25, 0.3) is 0 Å². The van der Waals surface area contributed by atoms with Crippen molar-refractivity contribution in [2.75, 3.05) is 36.7 Å². The van der Waals surface area contributed by atoms with Gasteiger partial charge in [0.1, 0.15) is 0 Å². The topological polar surface area (TPSA) is 61.4 Å². The molecule has 6 heteroatoms. The van der Waals surface area contributed by atoms with Crippen molar-refractivity contribution >= 4 is 15.7 Å². The zero-order chi connectivity index (χ0) is 16.7. The fourth-order valence-electron chi connectivity index (χ4n) is 2.84. The summed E-state index contributed by atoms with van der Waals surface area (Å²) >= 11 is 0. The molecule has 1 aliphatic heterocycles. The molecule has 1 fully saturated rings. The van der Waals surface area contributed by atoms with E-state index in [2.05, 4.69) is 21.9 Å². The molecule has 2 N–H and O–H groups in total. The molecule has 1 atom stereocenters. The number of sulfonamides is 1. The molecule has 130 valence electrons. The van der Waals surface area contributed by atoms with E-state index in [0.29, 0.717) is 5.69 Å². The third-order valence-corrected chi connectivity index (χ3v) is 5.67. The molecular formula is C17H29N3O2S. The number of likely N-dealkylation sites (tertiary alicyclic amines) is 1. The molecular weight excluding hydrogens is 310 g/mol. The van der Waals surface area contributed by atoms with Gasteiger partial charge in [-0.2, -0.15) is 0 Å². The maximum absolute atomic E-state index is 11.5. The second kappa shape index (κ2) is 8.66. The van der Waals surface area contributed by atoms with Gasteiger partial charge in [-0.1, -0.05) is 12.1 Å². The molecule has 0 aliphatic carbocycles. The molecule has 1 aromatic rings. The monoisotopic (exact) mass is 339 g/mol. The lowest BCUT2D eigenvalue weighted by Crippen LogP contribution is -2.26. The number of nitrogens with one attached hydrogen (secondary N) is 2. The molecule has 0 radical (unpaired) electrons. The van der Waals surface area contributed by atoms with Crippen LogP contribution in [0.3, 0.4) is 0 Å². The minimum atomic E-state index is -3.20. The number of anilines is 1. The second-order valence-corrected chi connectivity index (χ2v) is 8.22. The molecule has 1 heterocycles. The van der Waals surface area contributed by atoms with Crippen LogP contribution in [0, 0.1) is 0 Å². The Bertz CT molecular complexity index is 566. The summed E-state index contributed by atoms with van der Waals surface area (Å²) in [6.07, 6.45) is 3.86. The van der Waals surface area contributed by atoms with Gasteiger partial charge < -0.3 is 10.2 Å². The Balaban J connectivity index is 1.74. The SMILES string of the molecule is CCS(=O)(=O)Nc1ccc(C(C)NCCCN2CCCC2)cc1. The molecule has 23 heavy (non-hydrogen) atoms. The standard InChI is InChI=1S/C17H29N3O2S/c1-3-23(21,22)19-17-9-7-16(8-10-17)15(2)18-11-6-14-20-12-4-5-13-20/h7-10,15,18-19H,3-6,11-14H2,1-2H3. The van der Waals surface area contributed by atoms with Crippen LogP contribution in [-0.4, -0.2) is 45.2 Å². The van der Waals surface area contributed by atoms with Crippen molar-refractivity contribution in [2.24, 2.45) is 0 Å². The maximum atomic E-state index is 11.5. The molecule has 5 nitrogen and oxygen atoms in total. The quantitative estimate of drug-likeness (QED) is 0.679. The van der Waals surface area contributed by atoms with Crippen LogP contribution >= 0.6 is 0 Å². The van der Waals surface area contributed by atoms with Gasteiger partial charge in [-0.15, -0.1) is 0 Å². The van der Waals surface area contributed by atoms with Gasteiger partial charge >= 0.3 is 0 Å². The Morgan fingerprint density at radius 1 is 1.17 bits per heavy atom. The molecule has 0 bridgehead atoms. The number of hydrogen-bond acceptors (Lipinski definition) is 4. The maximum Gasteiger partial charge on any atom is 0.232 e. The molecule has 1 aromatic carbocycles. The average molecular weight is 340 g/mol. The Morgan fingerprint density at radius 2 is 1.83 bits per heavy atom. The first-order chi connectivity index (χ1) is 11.0. The highest BCUT2D eigenvalue weighted by molar-refractivity contribution is 7.92. The Kier molecular flexibility index (Phi) is 6.87. The predicted octanol–water partition coefficient (Wildman–Crippen LogP) is 2.58. The minimum Gasteiger partial charge on any atom is -0.310 e. The van der Waals surface area contributed by atoms with E-state index in [4.69, 9.17) is 0 Å². The van der Waals surface area contributed by atoms with Gasteiger partial charge in [-0.25, -0.2) is 8.42 Å². The summed E-state index contributed by atoms with van der Waals surface area (Å²) in [6, 6.07) is 7.87. The molecule has 0 amide bonds. The van der Waals surface area contributed by atoms with E-state index < -0.39 is 10.0 Å². The summed E-state index contributed by atoms with van der Waals surface area (Å²) in [5.74, 6) is 0.0870. The zero-order valence-corrected chi connectivity index (χ0v) is 15.0. The van der Waals surface area contributed by atoms with E-state index in [-0.39, 0.29) is 11.8 Å². The van der Waals surface area contributed by atoms with Crippen LogP contribution in [0.5, 0.6) is 0 Å². The van der Waals surface area contributed by atoms with Crippen LogP contribution in [-0.2, 0) is 10.0 Å². The largest absolute Gasteiger partial charge is 0.310 e. The van der Waals surface area contributed by atoms with Crippen molar-refractivity contribution in [2.45, 2.75) is 39.2 Å². The summed E-state index contributed by atoms with van der Waals surface area (Å²) in [5.41, 5.74) is 1.79. The third kappa shape index (κ3) is 6.12. The van der Waals surface area contributed by atoms with Crippen LogP contribution < -0.4 is 10.0 Å². The number of rotatable bonds is 9. The van der Waals surface area contributed by atoms with Crippen molar-refractivity contribution < 1.29 is 8.42 Å². The lowest BCUT2D eigenvalue weighted by molar-refractivity contribution is 0.328. The Labute approximate surface area is 140 Å². The van der Waals surface area contributed by atoms with Gasteiger partial charge in [0.2, 0.25) is 10.0 Å². The van der Waals surface area contributed by atoms with Crippen LogP contribution in [0.1, 0.15) is 44.7 Å². The Hall–Kier alpha value is -1.11. The predicted molar refractivity (Wildman–Crippen MR) is 96.2 cm³/mol. The highest BCUT2D eigenvalue weighted by Crippen LogP contribution is 2.17. The molecule has 1 unspecified atom stereocenters. The second-order valence-electron chi connectivity index (χ2n) is 6.21. The van der Waals surface area contributed by atoms with Crippen LogP contribution in [0.4, 0.5) is 5.69 Å². The summed E-state index contributed by atoms with van der Waals surface area (Å²) in [7, 11) is -3.20. The average Bonchev–Trinajstić information content (AvgIpc) is 3.05. The normalized spacial score (nSPS) is 17.3. The number of nitrogens with zero attached hydrogens (tertiary/aromatic N) is 1. The van der Waals surface area contributed by atoms with Crippen molar-refractivity contribution in [1.29, 1.82) is 0 Å². The summed E-state index contributed by atoms with van der Waals surface area (Å²) in [6.45, 7) is 8.46. The van der Waals surface area contributed by atoms with Crippen molar-refractivity contribution in [3.8, 4) is 0 Å². The lowest BCUT2D eigenvalue weighted by Gasteiger charge is -2.17. The van der Waals surface area contributed by atoms with Crippen molar-refractivity contribution in [3.63, 3.8) is 0 Å². The first kappa shape index (κ1) is 18.2. The molecule has 1 aliphatic rings. The van der Waals surface area contributed by atoms with E-state index in [1.807, 2.05) is 24.3 Å². The van der Waals surface area contributed by atoms with E-state index in [1.54, 1.807) is 6.92 Å². The van der Waals surface area contributed by atoms with E-state index >= 15 is 0 Å². The highest BCUT2D eigenvalue weighted by atomic mass is 32.2.